The molecule has 34 heavy (non-hydrogen) atoms. The molecule has 0 saturated carbocycles. The van der Waals surface area contributed by atoms with Gasteiger partial charge in [0.05, 0.1) is 17.2 Å². The topological polar surface area (TPSA) is 108 Å². The highest BCUT2D eigenvalue weighted by molar-refractivity contribution is 7.92. The van der Waals surface area contributed by atoms with Gasteiger partial charge in [0, 0.05) is 17.4 Å². The zero-order chi connectivity index (χ0) is 24.3. The normalized spacial score (nSPS) is 11.3. The number of imidazole rings is 1. The van der Waals surface area contributed by atoms with Gasteiger partial charge in [-0.05, 0) is 81.8 Å². The Morgan fingerprint density at radius 3 is 2.32 bits per heavy atom. The summed E-state index contributed by atoms with van der Waals surface area (Å²) in [5, 5.41) is 8.30. The third-order valence-corrected chi connectivity index (χ3v) is 6.59. The molecule has 176 valence electrons. The first kappa shape index (κ1) is 23.2. The quantitative estimate of drug-likeness (QED) is 0.394. The Hall–Kier alpha value is -3.92. The number of sulfonamides is 1. The molecule has 0 atom stereocenters. The van der Waals surface area contributed by atoms with Crippen LogP contribution in [0.2, 0.25) is 0 Å². The number of aromatic nitrogens is 4. The molecule has 0 radical (unpaired) electrons. The molecule has 0 amide bonds. The van der Waals surface area contributed by atoms with Crippen LogP contribution in [0.1, 0.15) is 23.9 Å². The smallest absolute Gasteiger partial charge is 0.261 e. The molecule has 2 aromatic carbocycles. The molecular weight excluding hydrogens is 454 g/mol. The third kappa shape index (κ3) is 5.01. The van der Waals surface area contributed by atoms with Crippen LogP contribution in [-0.4, -0.2) is 34.8 Å². The Labute approximate surface area is 198 Å². The molecule has 1 N–H and O–H groups in total. The van der Waals surface area contributed by atoms with Gasteiger partial charge in [-0.15, -0.1) is 10.2 Å². The highest BCUT2D eigenvalue weighted by Crippen LogP contribution is 2.26. The molecule has 4 rings (SSSR count). The number of ether oxygens (including phenoxy) is 2. The largest absolute Gasteiger partial charge is 0.494 e. The molecule has 10 heteroatoms. The number of nitrogens with one attached hydrogen (secondary N) is 1. The van der Waals surface area contributed by atoms with Gasteiger partial charge in [-0.25, -0.2) is 13.4 Å². The van der Waals surface area contributed by atoms with E-state index < -0.39 is 10.0 Å². The van der Waals surface area contributed by atoms with Crippen LogP contribution in [0.15, 0.2) is 65.8 Å². The van der Waals surface area contributed by atoms with Crippen LogP contribution in [0.25, 0.3) is 5.82 Å². The Balaban J connectivity index is 1.43. The summed E-state index contributed by atoms with van der Waals surface area (Å²) in [6.45, 7) is 8.09. The minimum Gasteiger partial charge on any atom is -0.494 e. The van der Waals surface area contributed by atoms with Crippen molar-refractivity contribution < 1.29 is 17.9 Å². The zero-order valence-corrected chi connectivity index (χ0v) is 20.1. The van der Waals surface area contributed by atoms with E-state index >= 15 is 0 Å². The summed E-state index contributed by atoms with van der Waals surface area (Å²) >= 11 is 0. The number of aryl methyl sites for hydroxylation is 2. The van der Waals surface area contributed by atoms with Gasteiger partial charge in [0.25, 0.3) is 10.0 Å². The zero-order valence-electron chi connectivity index (χ0n) is 19.3. The number of hydrogen-bond acceptors (Lipinski definition) is 7. The summed E-state index contributed by atoms with van der Waals surface area (Å²) in [7, 11) is -3.75. The summed E-state index contributed by atoms with van der Waals surface area (Å²) in [6, 6.07) is 14.8. The Morgan fingerprint density at radius 2 is 1.74 bits per heavy atom. The maximum absolute atomic E-state index is 12.8. The lowest BCUT2D eigenvalue weighted by Crippen LogP contribution is -2.13. The van der Waals surface area contributed by atoms with Crippen LogP contribution in [0, 0.1) is 20.8 Å². The maximum atomic E-state index is 12.8. The van der Waals surface area contributed by atoms with Crippen molar-refractivity contribution in [2.24, 2.45) is 0 Å². The molecule has 0 saturated heterocycles. The van der Waals surface area contributed by atoms with Gasteiger partial charge >= 0.3 is 0 Å². The van der Waals surface area contributed by atoms with Crippen molar-refractivity contribution in [3.8, 4) is 23.2 Å². The molecule has 0 aliphatic heterocycles. The van der Waals surface area contributed by atoms with Crippen LogP contribution < -0.4 is 14.2 Å². The number of nitrogens with zero attached hydrogens (tertiary/aromatic N) is 4. The van der Waals surface area contributed by atoms with E-state index in [1.165, 1.54) is 6.07 Å². The summed E-state index contributed by atoms with van der Waals surface area (Å²) in [5.41, 5.74) is 3.07. The molecule has 0 spiro atoms. The second kappa shape index (κ2) is 9.52. The SMILES string of the molecule is CCOc1ccc(S(=O)(=O)Nc2ccc(Oc3ccc(-n4cnc(C)c4C)nn3)cc2)cc1C. The van der Waals surface area contributed by atoms with Gasteiger partial charge < -0.3 is 9.47 Å². The molecule has 9 nitrogen and oxygen atoms in total. The van der Waals surface area contributed by atoms with Crippen molar-refractivity contribution in [2.75, 3.05) is 11.3 Å². The van der Waals surface area contributed by atoms with E-state index in [0.29, 0.717) is 35.5 Å². The van der Waals surface area contributed by atoms with Gasteiger partial charge in [0.1, 0.15) is 17.8 Å². The van der Waals surface area contributed by atoms with Crippen molar-refractivity contribution in [2.45, 2.75) is 32.6 Å². The Morgan fingerprint density at radius 1 is 0.971 bits per heavy atom. The fourth-order valence-corrected chi connectivity index (χ4v) is 4.40. The molecule has 0 aliphatic rings. The lowest BCUT2D eigenvalue weighted by Gasteiger charge is -2.12. The van der Waals surface area contributed by atoms with Crippen molar-refractivity contribution in [3.63, 3.8) is 0 Å². The summed E-state index contributed by atoms with van der Waals surface area (Å²) < 4.78 is 41.2. The number of anilines is 1. The van der Waals surface area contributed by atoms with Crippen LogP contribution in [0.4, 0.5) is 5.69 Å². The maximum Gasteiger partial charge on any atom is 0.261 e. The minimum absolute atomic E-state index is 0.160. The van der Waals surface area contributed by atoms with Crippen molar-refractivity contribution in [1.29, 1.82) is 0 Å². The average molecular weight is 480 g/mol. The van der Waals surface area contributed by atoms with Crippen molar-refractivity contribution in [3.05, 3.63) is 77.9 Å². The standard InChI is InChI=1S/C24H25N5O4S/c1-5-32-22-11-10-21(14-16(22)2)34(30,31)28-19-6-8-20(9-7-19)33-24-13-12-23(26-27-24)29-15-25-17(3)18(29)4/h6-15,28H,5H2,1-4H3. The fraction of sp³-hybridized carbons (Fsp3) is 0.208. The first-order valence-corrected chi connectivity index (χ1v) is 12.1. The predicted octanol–water partition coefficient (Wildman–Crippen LogP) is 4.58. The first-order valence-electron chi connectivity index (χ1n) is 10.7. The third-order valence-electron chi connectivity index (χ3n) is 5.21. The lowest BCUT2D eigenvalue weighted by molar-refractivity contribution is 0.337. The molecule has 2 heterocycles. The number of hydrogen-bond donors (Lipinski definition) is 1. The molecule has 2 aromatic heterocycles. The van der Waals surface area contributed by atoms with Crippen molar-refractivity contribution >= 4 is 15.7 Å². The molecule has 0 unspecified atom stereocenters. The van der Waals surface area contributed by atoms with E-state index in [1.54, 1.807) is 54.9 Å². The second-order valence-corrected chi connectivity index (χ2v) is 9.29. The monoisotopic (exact) mass is 479 g/mol. The van der Waals surface area contributed by atoms with Crippen LogP contribution in [-0.2, 0) is 10.0 Å². The molecular formula is C24H25N5O4S. The van der Waals surface area contributed by atoms with Crippen molar-refractivity contribution in [1.82, 2.24) is 19.7 Å². The molecule has 0 fully saturated rings. The molecule has 4 aromatic rings. The number of rotatable bonds is 8. The minimum atomic E-state index is -3.75. The van der Waals surface area contributed by atoms with Crippen LogP contribution >= 0.6 is 0 Å². The van der Waals surface area contributed by atoms with Gasteiger partial charge in [-0.1, -0.05) is 0 Å². The Bertz CT molecular complexity index is 1400. The number of benzene rings is 2. The fourth-order valence-electron chi connectivity index (χ4n) is 3.26. The average Bonchev–Trinajstić information content (AvgIpc) is 3.15. The lowest BCUT2D eigenvalue weighted by atomic mass is 10.2. The van der Waals surface area contributed by atoms with Gasteiger partial charge in [0.2, 0.25) is 5.88 Å². The van der Waals surface area contributed by atoms with E-state index in [0.717, 1.165) is 17.0 Å². The Kier molecular flexibility index (Phi) is 6.51. The first-order chi connectivity index (χ1) is 16.3. The van der Waals surface area contributed by atoms with E-state index in [2.05, 4.69) is 19.9 Å². The predicted molar refractivity (Wildman–Crippen MR) is 128 cm³/mol. The summed E-state index contributed by atoms with van der Waals surface area (Å²) in [4.78, 5) is 4.42. The second-order valence-electron chi connectivity index (χ2n) is 7.61. The van der Waals surface area contributed by atoms with E-state index in [4.69, 9.17) is 9.47 Å². The van der Waals surface area contributed by atoms with E-state index in [1.807, 2.05) is 32.3 Å². The summed E-state index contributed by atoms with van der Waals surface area (Å²) in [5.74, 6) is 2.11. The summed E-state index contributed by atoms with van der Waals surface area (Å²) in [6.07, 6.45) is 1.70. The van der Waals surface area contributed by atoms with Gasteiger partial charge in [-0.2, -0.15) is 0 Å². The van der Waals surface area contributed by atoms with Crippen LogP contribution in [0.5, 0.6) is 17.4 Å². The molecule has 0 bridgehead atoms. The van der Waals surface area contributed by atoms with Gasteiger partial charge in [-0.3, -0.25) is 9.29 Å². The highest BCUT2D eigenvalue weighted by Gasteiger charge is 2.16. The van der Waals surface area contributed by atoms with E-state index in [-0.39, 0.29) is 4.90 Å². The van der Waals surface area contributed by atoms with Crippen LogP contribution in [0.3, 0.4) is 0 Å². The van der Waals surface area contributed by atoms with Gasteiger partial charge in [0.15, 0.2) is 5.82 Å². The molecule has 0 aliphatic carbocycles. The highest BCUT2D eigenvalue weighted by atomic mass is 32.2. The van der Waals surface area contributed by atoms with E-state index in [9.17, 15) is 8.42 Å².